The van der Waals surface area contributed by atoms with E-state index < -0.39 is 0 Å². The predicted octanol–water partition coefficient (Wildman–Crippen LogP) is 2.51. The summed E-state index contributed by atoms with van der Waals surface area (Å²) < 4.78 is 11.8. The van der Waals surface area contributed by atoms with E-state index in [0.29, 0.717) is 12.6 Å². The first-order chi connectivity index (χ1) is 10.4. The van der Waals surface area contributed by atoms with Crippen LogP contribution in [0.4, 0.5) is 5.95 Å². The summed E-state index contributed by atoms with van der Waals surface area (Å²) in [6, 6.07) is 11.8. The molecule has 1 N–H and O–H groups in total. The fraction of sp³-hybridized carbons (Fsp3) is 0.375. The van der Waals surface area contributed by atoms with Gasteiger partial charge in [0.25, 0.3) is 0 Å². The minimum atomic E-state index is -0.0313. The van der Waals surface area contributed by atoms with Crippen LogP contribution in [0.2, 0.25) is 0 Å². The Kier molecular flexibility index (Phi) is 4.31. The van der Waals surface area contributed by atoms with Gasteiger partial charge in [0.1, 0.15) is 11.9 Å². The van der Waals surface area contributed by atoms with Gasteiger partial charge in [0.2, 0.25) is 5.95 Å². The third-order valence-corrected chi connectivity index (χ3v) is 3.53. The molecule has 1 saturated carbocycles. The van der Waals surface area contributed by atoms with Gasteiger partial charge in [0.15, 0.2) is 0 Å². The van der Waals surface area contributed by atoms with Crippen LogP contribution in [0.5, 0.6) is 5.75 Å². The van der Waals surface area contributed by atoms with Gasteiger partial charge < -0.3 is 14.8 Å². The number of hydrogen-bond donors (Lipinski definition) is 1. The highest BCUT2D eigenvalue weighted by atomic mass is 16.5. The normalized spacial score (nSPS) is 24.1. The van der Waals surface area contributed by atoms with E-state index >= 15 is 0 Å². The molecule has 0 saturated heterocycles. The maximum Gasteiger partial charge on any atom is 0.222 e. The lowest BCUT2D eigenvalue weighted by molar-refractivity contribution is -0.0882. The van der Waals surface area contributed by atoms with E-state index in [9.17, 15) is 0 Å². The number of rotatable bonds is 6. The second-order valence-corrected chi connectivity index (χ2v) is 4.95. The summed E-state index contributed by atoms with van der Waals surface area (Å²) in [4.78, 5) is 8.39. The molecule has 5 nitrogen and oxygen atoms in total. The van der Waals surface area contributed by atoms with Crippen molar-refractivity contribution in [2.24, 2.45) is 0 Å². The lowest BCUT2D eigenvalue weighted by Gasteiger charge is -2.43. The number of ether oxygens (including phenoxy) is 2. The maximum absolute atomic E-state index is 6.06. The Bertz CT molecular complexity index is 550. The SMILES string of the molecule is CCO[C@@H]1C[C@H](Nc2ncccn2)[C@@H]1Oc1ccccc1. The molecule has 1 aromatic heterocycles. The Labute approximate surface area is 124 Å². The highest BCUT2D eigenvalue weighted by molar-refractivity contribution is 5.29. The second-order valence-electron chi connectivity index (χ2n) is 4.95. The van der Waals surface area contributed by atoms with Crippen molar-refractivity contribution in [3.8, 4) is 5.75 Å². The first-order valence-electron chi connectivity index (χ1n) is 7.23. The number of benzene rings is 1. The lowest BCUT2D eigenvalue weighted by Crippen LogP contribution is -2.59. The number of nitrogens with one attached hydrogen (secondary N) is 1. The molecule has 1 aliphatic rings. The third-order valence-electron chi connectivity index (χ3n) is 3.53. The van der Waals surface area contributed by atoms with Crippen molar-refractivity contribution in [3.63, 3.8) is 0 Å². The van der Waals surface area contributed by atoms with E-state index in [1.807, 2.05) is 37.3 Å². The lowest BCUT2D eigenvalue weighted by atomic mass is 9.85. The van der Waals surface area contributed by atoms with Crippen LogP contribution in [-0.2, 0) is 4.74 Å². The monoisotopic (exact) mass is 285 g/mol. The molecular weight excluding hydrogens is 266 g/mol. The minimum Gasteiger partial charge on any atom is -0.486 e. The van der Waals surface area contributed by atoms with Crippen LogP contribution in [0.1, 0.15) is 13.3 Å². The van der Waals surface area contributed by atoms with E-state index in [2.05, 4.69) is 15.3 Å². The van der Waals surface area contributed by atoms with E-state index in [0.717, 1.165) is 12.2 Å². The maximum atomic E-state index is 6.06. The molecule has 110 valence electrons. The third kappa shape index (κ3) is 3.31. The van der Waals surface area contributed by atoms with Gasteiger partial charge in [-0.2, -0.15) is 0 Å². The molecule has 3 atom stereocenters. The summed E-state index contributed by atoms with van der Waals surface area (Å²) in [5, 5.41) is 3.31. The largest absolute Gasteiger partial charge is 0.486 e. The van der Waals surface area contributed by atoms with Crippen LogP contribution >= 0.6 is 0 Å². The van der Waals surface area contributed by atoms with Crippen LogP contribution < -0.4 is 10.1 Å². The number of para-hydroxylation sites is 1. The van der Waals surface area contributed by atoms with Gasteiger partial charge in [0.05, 0.1) is 12.1 Å². The molecule has 0 bridgehead atoms. The van der Waals surface area contributed by atoms with Gasteiger partial charge in [-0.05, 0) is 25.1 Å². The predicted molar refractivity (Wildman–Crippen MR) is 80.3 cm³/mol. The zero-order valence-electron chi connectivity index (χ0n) is 12.0. The molecule has 0 aliphatic heterocycles. The molecule has 0 radical (unpaired) electrons. The van der Waals surface area contributed by atoms with Crippen molar-refractivity contribution in [1.82, 2.24) is 9.97 Å². The standard InChI is InChI=1S/C16H19N3O2/c1-2-20-14-11-13(19-16-17-9-6-10-18-16)15(14)21-12-7-4-3-5-8-12/h3-10,13-15H,2,11H2,1H3,(H,17,18,19)/t13-,14+,15-/m0/s1. The van der Waals surface area contributed by atoms with Gasteiger partial charge in [-0.1, -0.05) is 18.2 Å². The highest BCUT2D eigenvalue weighted by Gasteiger charge is 2.44. The van der Waals surface area contributed by atoms with Gasteiger partial charge >= 0.3 is 0 Å². The summed E-state index contributed by atoms with van der Waals surface area (Å²) in [6.45, 7) is 2.69. The van der Waals surface area contributed by atoms with E-state index in [1.165, 1.54) is 0 Å². The number of nitrogens with zero attached hydrogens (tertiary/aromatic N) is 2. The second kappa shape index (κ2) is 6.54. The van der Waals surface area contributed by atoms with Gasteiger partial charge in [-0.25, -0.2) is 9.97 Å². The Morgan fingerprint density at radius 2 is 1.90 bits per heavy atom. The molecule has 0 amide bonds. The molecule has 0 spiro atoms. The molecule has 1 aliphatic carbocycles. The number of aromatic nitrogens is 2. The smallest absolute Gasteiger partial charge is 0.222 e. The van der Waals surface area contributed by atoms with Crippen molar-refractivity contribution in [2.75, 3.05) is 11.9 Å². The molecule has 5 heteroatoms. The number of hydrogen-bond acceptors (Lipinski definition) is 5. The van der Waals surface area contributed by atoms with Crippen LogP contribution in [0.15, 0.2) is 48.8 Å². The Balaban J connectivity index is 1.66. The zero-order valence-corrected chi connectivity index (χ0v) is 12.0. The fourth-order valence-electron chi connectivity index (χ4n) is 2.45. The molecule has 2 aromatic rings. The molecule has 3 rings (SSSR count). The highest BCUT2D eigenvalue weighted by Crippen LogP contribution is 2.30. The zero-order chi connectivity index (χ0) is 14.5. The van der Waals surface area contributed by atoms with Crippen LogP contribution in [-0.4, -0.2) is 34.8 Å². The van der Waals surface area contributed by atoms with Gasteiger partial charge in [0, 0.05) is 25.4 Å². The topological polar surface area (TPSA) is 56.3 Å². The first-order valence-corrected chi connectivity index (χ1v) is 7.23. The molecular formula is C16H19N3O2. The minimum absolute atomic E-state index is 0.0313. The molecule has 1 heterocycles. The average molecular weight is 285 g/mol. The first kappa shape index (κ1) is 13.8. The summed E-state index contributed by atoms with van der Waals surface area (Å²) in [5.74, 6) is 1.48. The van der Waals surface area contributed by atoms with Crippen LogP contribution in [0, 0.1) is 0 Å². The quantitative estimate of drug-likeness (QED) is 0.883. The van der Waals surface area contributed by atoms with Crippen LogP contribution in [0.3, 0.4) is 0 Å². The van der Waals surface area contributed by atoms with Crippen molar-refractivity contribution in [1.29, 1.82) is 0 Å². The summed E-state index contributed by atoms with van der Waals surface area (Å²) >= 11 is 0. The average Bonchev–Trinajstić information content (AvgIpc) is 2.54. The molecule has 0 unspecified atom stereocenters. The van der Waals surface area contributed by atoms with Crippen molar-refractivity contribution >= 4 is 5.95 Å². The van der Waals surface area contributed by atoms with Crippen molar-refractivity contribution < 1.29 is 9.47 Å². The van der Waals surface area contributed by atoms with E-state index in [4.69, 9.17) is 9.47 Å². The van der Waals surface area contributed by atoms with Crippen molar-refractivity contribution in [3.05, 3.63) is 48.8 Å². The summed E-state index contributed by atoms with van der Waals surface area (Å²) in [6.07, 6.45) is 4.42. The van der Waals surface area contributed by atoms with Crippen LogP contribution in [0.25, 0.3) is 0 Å². The Hall–Kier alpha value is -2.14. The summed E-state index contributed by atoms with van der Waals surface area (Å²) in [7, 11) is 0. The fourth-order valence-corrected chi connectivity index (χ4v) is 2.45. The summed E-state index contributed by atoms with van der Waals surface area (Å²) in [5.41, 5.74) is 0. The molecule has 21 heavy (non-hydrogen) atoms. The van der Waals surface area contributed by atoms with Crippen molar-refractivity contribution in [2.45, 2.75) is 31.6 Å². The Morgan fingerprint density at radius 1 is 1.14 bits per heavy atom. The molecule has 1 aromatic carbocycles. The van der Waals surface area contributed by atoms with Gasteiger partial charge in [-0.3, -0.25) is 0 Å². The Morgan fingerprint density at radius 3 is 2.62 bits per heavy atom. The van der Waals surface area contributed by atoms with E-state index in [-0.39, 0.29) is 18.2 Å². The van der Waals surface area contributed by atoms with Gasteiger partial charge in [-0.15, -0.1) is 0 Å². The van der Waals surface area contributed by atoms with E-state index in [1.54, 1.807) is 18.5 Å². The number of anilines is 1. The molecule has 1 fully saturated rings.